The van der Waals surface area contributed by atoms with E-state index in [1.54, 1.807) is 26.4 Å². The number of nitrogens with one attached hydrogen (secondary N) is 4. The number of aromatic nitrogens is 2. The zero-order valence-corrected chi connectivity index (χ0v) is 20.6. The number of carboxylic acids is 1. The molecular formula is C23H27F3N6O6. The molecule has 1 aliphatic rings. The summed E-state index contributed by atoms with van der Waals surface area (Å²) in [6, 6.07) is 6.92. The fourth-order valence-corrected chi connectivity index (χ4v) is 3.15. The van der Waals surface area contributed by atoms with Crippen molar-refractivity contribution < 1.29 is 42.1 Å². The van der Waals surface area contributed by atoms with Crippen LogP contribution < -0.4 is 21.7 Å². The second-order valence-electron chi connectivity index (χ2n) is 8.03. The lowest BCUT2D eigenvalue weighted by Gasteiger charge is -2.30. The third-order valence-electron chi connectivity index (χ3n) is 5.16. The highest BCUT2D eigenvalue weighted by Gasteiger charge is 2.38. The largest absolute Gasteiger partial charge is 0.495 e. The van der Waals surface area contributed by atoms with Crippen molar-refractivity contribution in [3.8, 4) is 0 Å². The number of nitrogens with zero attached hydrogens (tertiary/aromatic N) is 1. The van der Waals surface area contributed by atoms with Crippen LogP contribution in [0.2, 0.25) is 0 Å². The Hall–Kier alpha value is -4.53. The van der Waals surface area contributed by atoms with Crippen LogP contribution in [0.25, 0.3) is 0 Å². The molecular weight excluding hydrogens is 513 g/mol. The van der Waals surface area contributed by atoms with Crippen LogP contribution in [-0.4, -0.2) is 59.2 Å². The lowest BCUT2D eigenvalue weighted by atomic mass is 9.94. The number of urea groups is 1. The maximum absolute atomic E-state index is 12.6. The number of ether oxygens (including phenoxy) is 2. The van der Waals surface area contributed by atoms with Gasteiger partial charge in [0.1, 0.15) is 11.5 Å². The minimum absolute atomic E-state index is 0.209. The summed E-state index contributed by atoms with van der Waals surface area (Å²) < 4.78 is 42.6. The van der Waals surface area contributed by atoms with E-state index in [-0.39, 0.29) is 5.69 Å². The van der Waals surface area contributed by atoms with E-state index in [9.17, 15) is 22.8 Å². The zero-order valence-electron chi connectivity index (χ0n) is 20.6. The minimum Gasteiger partial charge on any atom is -0.495 e. The molecule has 0 fully saturated rings. The number of methoxy groups -OCH3 is 2. The van der Waals surface area contributed by atoms with E-state index in [0.717, 1.165) is 5.56 Å². The molecule has 0 saturated carbocycles. The highest BCUT2D eigenvalue weighted by Crippen LogP contribution is 2.28. The predicted molar refractivity (Wildman–Crippen MR) is 130 cm³/mol. The molecule has 38 heavy (non-hydrogen) atoms. The topological polar surface area (TPSA) is 181 Å². The lowest BCUT2D eigenvalue weighted by molar-refractivity contribution is -0.192. The average molecular weight is 540 g/mol. The highest BCUT2D eigenvalue weighted by molar-refractivity contribution is 5.96. The molecule has 2 aromatic rings. The molecule has 0 spiro atoms. The van der Waals surface area contributed by atoms with E-state index in [0.29, 0.717) is 35.8 Å². The molecule has 1 atom stereocenters. The van der Waals surface area contributed by atoms with Crippen LogP contribution in [-0.2, 0) is 20.8 Å². The van der Waals surface area contributed by atoms with Crippen LogP contribution >= 0.6 is 0 Å². The third-order valence-corrected chi connectivity index (χ3v) is 5.16. The molecule has 7 N–H and O–H groups in total. The summed E-state index contributed by atoms with van der Waals surface area (Å²) in [6.45, 7) is 2.34. The Morgan fingerprint density at radius 3 is 2.50 bits per heavy atom. The van der Waals surface area contributed by atoms with Crippen LogP contribution in [0.15, 0.2) is 54.1 Å². The molecule has 1 aliphatic carbocycles. The smallest absolute Gasteiger partial charge is 0.490 e. The molecule has 12 nitrogen and oxygen atoms in total. The first kappa shape index (κ1) is 29.7. The number of carboxylic acid groups (broad SMARTS) is 1. The fourth-order valence-electron chi connectivity index (χ4n) is 3.15. The maximum Gasteiger partial charge on any atom is 0.490 e. The fraction of sp³-hybridized carbons (Fsp3) is 0.304. The highest BCUT2D eigenvalue weighted by atomic mass is 19.4. The van der Waals surface area contributed by atoms with Crippen LogP contribution in [0.1, 0.15) is 29.4 Å². The van der Waals surface area contributed by atoms with Gasteiger partial charge in [-0.15, -0.1) is 0 Å². The number of hydrogen-bond acceptors (Lipinski definition) is 7. The van der Waals surface area contributed by atoms with Gasteiger partial charge in [-0.1, -0.05) is 12.1 Å². The van der Waals surface area contributed by atoms with Crippen molar-refractivity contribution in [2.24, 2.45) is 5.73 Å². The van der Waals surface area contributed by atoms with Crippen molar-refractivity contribution in [2.75, 3.05) is 24.9 Å². The number of benzene rings is 1. The number of H-pyrrole nitrogens is 1. The zero-order chi connectivity index (χ0) is 28.5. The van der Waals surface area contributed by atoms with Crippen LogP contribution in [0.3, 0.4) is 0 Å². The summed E-state index contributed by atoms with van der Waals surface area (Å²) in [7, 11) is 3.17. The number of rotatable bonds is 8. The summed E-state index contributed by atoms with van der Waals surface area (Å²) in [4.78, 5) is 32.8. The van der Waals surface area contributed by atoms with Gasteiger partial charge in [0.05, 0.1) is 30.3 Å². The molecule has 0 radical (unpaired) electrons. The molecule has 0 aliphatic heterocycles. The summed E-state index contributed by atoms with van der Waals surface area (Å²) in [5, 5.41) is 22.3. The number of anilines is 2. The Bertz CT molecular complexity index is 1230. The second kappa shape index (κ2) is 12.6. The van der Waals surface area contributed by atoms with Crippen LogP contribution in [0.5, 0.6) is 0 Å². The first-order valence-corrected chi connectivity index (χ1v) is 10.8. The van der Waals surface area contributed by atoms with Crippen molar-refractivity contribution in [1.82, 2.24) is 15.5 Å². The van der Waals surface area contributed by atoms with E-state index >= 15 is 0 Å². The molecule has 15 heteroatoms. The molecule has 1 heterocycles. The van der Waals surface area contributed by atoms with Crippen molar-refractivity contribution in [1.29, 1.82) is 0 Å². The number of carbonyl (C=O) groups excluding carboxylic acids is 2. The number of nitrogens with two attached hydrogens (primary N) is 1. The summed E-state index contributed by atoms with van der Waals surface area (Å²) in [6.07, 6.45) is 0.552. The van der Waals surface area contributed by atoms with Gasteiger partial charge in [0.25, 0.3) is 5.91 Å². The monoisotopic (exact) mass is 540 g/mol. The molecule has 3 amide bonds. The molecule has 0 saturated heterocycles. The number of alkyl halides is 3. The van der Waals surface area contributed by atoms with Gasteiger partial charge >= 0.3 is 18.2 Å². The Balaban J connectivity index is 0.000000638. The second-order valence-corrected chi connectivity index (χ2v) is 8.03. The van der Waals surface area contributed by atoms with E-state index < -0.39 is 29.7 Å². The summed E-state index contributed by atoms with van der Waals surface area (Å²) in [5.41, 5.74) is 7.62. The van der Waals surface area contributed by atoms with E-state index in [2.05, 4.69) is 26.1 Å². The number of carbonyl (C=O) groups is 3. The van der Waals surface area contributed by atoms with Gasteiger partial charge in [-0.25, -0.2) is 9.59 Å². The van der Waals surface area contributed by atoms with Gasteiger partial charge in [0.2, 0.25) is 0 Å². The van der Waals surface area contributed by atoms with Gasteiger partial charge in [-0.2, -0.15) is 18.3 Å². The number of aromatic amines is 1. The number of aliphatic carboxylic acids is 1. The Labute approximate surface area is 215 Å². The maximum atomic E-state index is 12.6. The summed E-state index contributed by atoms with van der Waals surface area (Å²) >= 11 is 0. The third kappa shape index (κ3) is 8.55. The molecule has 1 aromatic carbocycles. The first-order valence-electron chi connectivity index (χ1n) is 10.8. The first-order chi connectivity index (χ1) is 17.8. The van der Waals surface area contributed by atoms with Gasteiger partial charge in [-0.05, 0) is 36.8 Å². The predicted octanol–water partition coefficient (Wildman–Crippen LogP) is 3.10. The van der Waals surface area contributed by atoms with Gasteiger partial charge < -0.3 is 36.3 Å². The number of amides is 3. The quantitative estimate of drug-likeness (QED) is 0.295. The molecule has 1 aromatic heterocycles. The van der Waals surface area contributed by atoms with Crippen molar-refractivity contribution in [3.05, 3.63) is 65.3 Å². The number of primary amides is 1. The SMILES string of the molecule is COC1=C(NC(=O)Nc2cccc(CNc3cn[nH]c3C(N)=O)c2)CC(C)(OC)C=C1.O=C(O)C(F)(F)F. The molecule has 206 valence electrons. The molecule has 3 rings (SSSR count). The van der Waals surface area contributed by atoms with E-state index in [1.165, 1.54) is 6.20 Å². The van der Waals surface area contributed by atoms with Crippen molar-refractivity contribution in [3.63, 3.8) is 0 Å². The number of halogens is 3. The standard InChI is InChI=1S/C21H26N6O4.C2HF3O2/c1-21(31-3)8-7-17(30-2)15(10-21)26-20(29)25-14-6-4-5-13(9-14)11-23-16-12-24-27-18(16)19(22)28;3-2(4,5)1(6)7/h4-9,12,23H,10-11H2,1-3H3,(H2,22,28)(H,24,27)(H2,25,26,29);(H,6,7). The van der Waals surface area contributed by atoms with Gasteiger partial charge in [-0.3, -0.25) is 9.89 Å². The number of hydrogen-bond donors (Lipinski definition) is 6. The Morgan fingerprint density at radius 1 is 1.24 bits per heavy atom. The summed E-state index contributed by atoms with van der Waals surface area (Å²) in [5.74, 6) is -2.78. The van der Waals surface area contributed by atoms with Crippen LogP contribution in [0, 0.1) is 0 Å². The molecule has 0 bridgehead atoms. The Morgan fingerprint density at radius 2 is 1.92 bits per heavy atom. The van der Waals surface area contributed by atoms with Gasteiger partial charge in [0.15, 0.2) is 0 Å². The lowest BCUT2D eigenvalue weighted by Crippen LogP contribution is -2.36. The van der Waals surface area contributed by atoms with Gasteiger partial charge in [0, 0.05) is 25.8 Å². The van der Waals surface area contributed by atoms with E-state index in [1.807, 2.05) is 31.2 Å². The van der Waals surface area contributed by atoms with Crippen molar-refractivity contribution in [2.45, 2.75) is 31.7 Å². The Kier molecular flexibility index (Phi) is 9.87. The van der Waals surface area contributed by atoms with Crippen LogP contribution in [0.4, 0.5) is 29.3 Å². The molecule has 1 unspecified atom stereocenters. The average Bonchev–Trinajstić information content (AvgIpc) is 3.32. The van der Waals surface area contributed by atoms with Crippen molar-refractivity contribution >= 4 is 29.3 Å². The number of allylic oxidation sites excluding steroid dienone is 1. The normalized spacial score (nSPS) is 16.7. The van der Waals surface area contributed by atoms with E-state index in [4.69, 9.17) is 25.1 Å². The minimum atomic E-state index is -5.08.